The molecule has 1 aliphatic rings. The van der Waals surface area contributed by atoms with Gasteiger partial charge in [0, 0.05) is 6.54 Å². The van der Waals surface area contributed by atoms with E-state index in [0.29, 0.717) is 5.92 Å². The maximum absolute atomic E-state index is 5.73. The Balaban J connectivity index is 2.52. The maximum atomic E-state index is 5.73. The van der Waals surface area contributed by atoms with Crippen LogP contribution in [-0.2, 0) is 4.74 Å². The van der Waals surface area contributed by atoms with E-state index < -0.39 is 0 Å². The van der Waals surface area contributed by atoms with Crippen molar-refractivity contribution in [1.29, 1.82) is 0 Å². The largest absolute Gasteiger partial charge is 0.492 e. The molecular weight excluding hydrogens is 186 g/mol. The minimum absolute atomic E-state index is 0.495. The molecule has 0 fully saturated rings. The molecule has 1 aliphatic carbocycles. The average Bonchev–Trinajstić information content (AvgIpc) is 2.32. The molecule has 15 heavy (non-hydrogen) atoms. The molecule has 1 unspecified atom stereocenters. The van der Waals surface area contributed by atoms with E-state index in [9.17, 15) is 0 Å². The zero-order valence-electron chi connectivity index (χ0n) is 10.2. The van der Waals surface area contributed by atoms with E-state index >= 15 is 0 Å². The van der Waals surface area contributed by atoms with E-state index in [-0.39, 0.29) is 0 Å². The van der Waals surface area contributed by atoms with Crippen LogP contribution in [0, 0.1) is 5.92 Å². The topological polar surface area (TPSA) is 12.5 Å². The van der Waals surface area contributed by atoms with E-state index in [4.69, 9.17) is 4.74 Å². The van der Waals surface area contributed by atoms with Gasteiger partial charge in [0.1, 0.15) is 12.4 Å². The fourth-order valence-corrected chi connectivity index (χ4v) is 1.31. The van der Waals surface area contributed by atoms with E-state index in [1.165, 1.54) is 5.57 Å². The smallest absolute Gasteiger partial charge is 0.121 e. The summed E-state index contributed by atoms with van der Waals surface area (Å²) in [6.07, 6.45) is 8.57. The first-order chi connectivity index (χ1) is 7.09. The molecule has 0 bridgehead atoms. The molecule has 0 aliphatic heterocycles. The average molecular weight is 207 g/mol. The van der Waals surface area contributed by atoms with Gasteiger partial charge in [-0.1, -0.05) is 25.2 Å². The van der Waals surface area contributed by atoms with Gasteiger partial charge in [0.15, 0.2) is 0 Å². The molecule has 1 atom stereocenters. The summed E-state index contributed by atoms with van der Waals surface area (Å²) in [7, 11) is 4.10. The normalized spacial score (nSPS) is 21.0. The monoisotopic (exact) mass is 207 g/mol. The van der Waals surface area contributed by atoms with Gasteiger partial charge in [-0.2, -0.15) is 0 Å². The highest BCUT2D eigenvalue weighted by molar-refractivity contribution is 5.31. The Hall–Kier alpha value is -1.02. The van der Waals surface area contributed by atoms with Crippen LogP contribution in [0.5, 0.6) is 0 Å². The Bertz CT molecular complexity index is 287. The van der Waals surface area contributed by atoms with Crippen LogP contribution in [0.4, 0.5) is 0 Å². The van der Waals surface area contributed by atoms with Gasteiger partial charge in [0.25, 0.3) is 0 Å². The van der Waals surface area contributed by atoms with Gasteiger partial charge in [-0.15, -0.1) is 0 Å². The van der Waals surface area contributed by atoms with E-state index in [1.807, 2.05) is 0 Å². The summed E-state index contributed by atoms with van der Waals surface area (Å²) in [5.74, 6) is 1.49. The van der Waals surface area contributed by atoms with Gasteiger partial charge in [0.2, 0.25) is 0 Å². The van der Waals surface area contributed by atoms with Crippen molar-refractivity contribution in [3.8, 4) is 0 Å². The molecule has 0 aromatic rings. The van der Waals surface area contributed by atoms with Crippen molar-refractivity contribution in [3.05, 3.63) is 35.6 Å². The SMILES string of the molecule is CC1=C(OCCN(C)C)C=CC(C)C=C1. The van der Waals surface area contributed by atoms with Crippen LogP contribution in [0.1, 0.15) is 13.8 Å². The standard InChI is InChI=1S/C13H21NO/c1-11-5-7-12(2)13(8-6-11)15-10-9-14(3)4/h5-8,11H,9-10H2,1-4H3. The van der Waals surface area contributed by atoms with Crippen molar-refractivity contribution in [2.75, 3.05) is 27.2 Å². The summed E-state index contributed by atoms with van der Waals surface area (Å²) in [5.41, 5.74) is 1.20. The third kappa shape index (κ3) is 4.34. The predicted octanol–water partition coefficient (Wildman–Crippen LogP) is 2.60. The summed E-state index contributed by atoms with van der Waals surface area (Å²) in [4.78, 5) is 2.12. The molecule has 0 radical (unpaired) electrons. The van der Waals surface area contributed by atoms with Crippen molar-refractivity contribution in [1.82, 2.24) is 4.90 Å². The molecular formula is C13H21NO. The number of allylic oxidation sites excluding steroid dienone is 5. The molecule has 0 aromatic heterocycles. The number of likely N-dealkylation sites (N-methyl/N-ethyl adjacent to an activating group) is 1. The molecule has 0 aromatic carbocycles. The highest BCUT2D eigenvalue weighted by Gasteiger charge is 2.03. The number of hydrogen-bond acceptors (Lipinski definition) is 2. The van der Waals surface area contributed by atoms with Crippen LogP contribution in [0.2, 0.25) is 0 Å². The van der Waals surface area contributed by atoms with Crippen LogP contribution in [0.25, 0.3) is 0 Å². The van der Waals surface area contributed by atoms with Gasteiger partial charge < -0.3 is 9.64 Å². The van der Waals surface area contributed by atoms with Crippen LogP contribution in [0.15, 0.2) is 35.6 Å². The highest BCUT2D eigenvalue weighted by atomic mass is 16.5. The van der Waals surface area contributed by atoms with E-state index in [1.54, 1.807) is 0 Å². The van der Waals surface area contributed by atoms with Crippen LogP contribution in [0.3, 0.4) is 0 Å². The third-order valence-electron chi connectivity index (χ3n) is 2.39. The second-order valence-corrected chi connectivity index (χ2v) is 4.28. The summed E-state index contributed by atoms with van der Waals surface area (Å²) >= 11 is 0. The van der Waals surface area contributed by atoms with Gasteiger partial charge in [-0.3, -0.25) is 0 Å². The Morgan fingerprint density at radius 2 is 1.93 bits per heavy atom. The predicted molar refractivity (Wildman–Crippen MR) is 64.7 cm³/mol. The zero-order chi connectivity index (χ0) is 11.3. The minimum atomic E-state index is 0.495. The lowest BCUT2D eigenvalue weighted by molar-refractivity contribution is 0.191. The maximum Gasteiger partial charge on any atom is 0.121 e. The summed E-state index contributed by atoms with van der Waals surface area (Å²) in [6, 6.07) is 0. The van der Waals surface area contributed by atoms with Crippen molar-refractivity contribution in [2.45, 2.75) is 13.8 Å². The quantitative estimate of drug-likeness (QED) is 0.702. The van der Waals surface area contributed by atoms with Gasteiger partial charge >= 0.3 is 0 Å². The van der Waals surface area contributed by atoms with Gasteiger partial charge in [0.05, 0.1) is 0 Å². The van der Waals surface area contributed by atoms with E-state index in [0.717, 1.165) is 18.9 Å². The molecule has 0 amide bonds. The molecule has 84 valence electrons. The Morgan fingerprint density at radius 3 is 2.60 bits per heavy atom. The van der Waals surface area contributed by atoms with Crippen LogP contribution >= 0.6 is 0 Å². The fourth-order valence-electron chi connectivity index (χ4n) is 1.31. The third-order valence-corrected chi connectivity index (χ3v) is 2.39. The lowest BCUT2D eigenvalue weighted by Crippen LogP contribution is -2.17. The zero-order valence-corrected chi connectivity index (χ0v) is 10.2. The number of rotatable bonds is 4. The number of hydrogen-bond donors (Lipinski definition) is 0. The minimum Gasteiger partial charge on any atom is -0.492 e. The van der Waals surface area contributed by atoms with Gasteiger partial charge in [-0.05, 0) is 38.6 Å². The Kier molecular flexibility index (Phi) is 4.63. The summed E-state index contributed by atoms with van der Waals surface area (Å²) in [6.45, 7) is 5.95. The number of ether oxygens (including phenoxy) is 1. The summed E-state index contributed by atoms with van der Waals surface area (Å²) < 4.78 is 5.73. The van der Waals surface area contributed by atoms with Crippen molar-refractivity contribution in [3.63, 3.8) is 0 Å². The Morgan fingerprint density at radius 1 is 1.27 bits per heavy atom. The summed E-state index contributed by atoms with van der Waals surface area (Å²) in [5, 5.41) is 0. The Labute approximate surface area is 92.9 Å². The van der Waals surface area contributed by atoms with Crippen LogP contribution in [-0.4, -0.2) is 32.1 Å². The molecule has 0 saturated heterocycles. The van der Waals surface area contributed by atoms with Crippen molar-refractivity contribution < 1.29 is 4.74 Å². The molecule has 0 saturated carbocycles. The molecule has 2 heteroatoms. The highest BCUT2D eigenvalue weighted by Crippen LogP contribution is 2.16. The number of nitrogens with zero attached hydrogens (tertiary/aromatic N) is 1. The van der Waals surface area contributed by atoms with Crippen molar-refractivity contribution >= 4 is 0 Å². The van der Waals surface area contributed by atoms with Crippen LogP contribution < -0.4 is 0 Å². The van der Waals surface area contributed by atoms with Gasteiger partial charge in [-0.25, -0.2) is 0 Å². The lowest BCUT2D eigenvalue weighted by atomic mass is 10.1. The molecule has 2 nitrogen and oxygen atoms in total. The molecule has 0 heterocycles. The van der Waals surface area contributed by atoms with E-state index in [2.05, 4.69) is 57.1 Å². The fraction of sp³-hybridized carbons (Fsp3) is 0.538. The first-order valence-corrected chi connectivity index (χ1v) is 5.44. The first-order valence-electron chi connectivity index (χ1n) is 5.44. The molecule has 0 spiro atoms. The molecule has 0 N–H and O–H groups in total. The lowest BCUT2D eigenvalue weighted by Gasteiger charge is -2.12. The first kappa shape index (κ1) is 12.1. The van der Waals surface area contributed by atoms with Crippen molar-refractivity contribution in [2.24, 2.45) is 5.92 Å². The second-order valence-electron chi connectivity index (χ2n) is 4.28. The molecule has 1 rings (SSSR count). The second kappa shape index (κ2) is 5.76.